The van der Waals surface area contributed by atoms with E-state index in [2.05, 4.69) is 34.6 Å². The van der Waals surface area contributed by atoms with E-state index in [1.807, 2.05) is 23.7 Å². The summed E-state index contributed by atoms with van der Waals surface area (Å²) >= 11 is 12.0. The standard InChI is InChI=1S/C23H25Cl2N5O/c1-4-30-16(3)21(15(2)29-30)12-13-26-23(27-20-7-5-6-19(25)14-20)28-22(31)17-8-10-18(24)11-9-17/h5-11,14H,4,12-13H2,1-3H3,(H2,26,27,28,31). The maximum Gasteiger partial charge on any atom is 0.257 e. The molecule has 1 aromatic heterocycles. The van der Waals surface area contributed by atoms with Crippen molar-refractivity contribution in [2.75, 3.05) is 11.9 Å². The molecule has 0 unspecified atom stereocenters. The van der Waals surface area contributed by atoms with Crippen LogP contribution in [0.5, 0.6) is 0 Å². The van der Waals surface area contributed by atoms with Gasteiger partial charge in [0.1, 0.15) is 0 Å². The maximum absolute atomic E-state index is 12.7. The summed E-state index contributed by atoms with van der Waals surface area (Å²) in [5.74, 6) is 0.0662. The molecule has 3 rings (SSSR count). The third kappa shape index (κ3) is 6.09. The first-order valence-electron chi connectivity index (χ1n) is 10.0. The summed E-state index contributed by atoms with van der Waals surface area (Å²) in [7, 11) is 0. The quantitative estimate of drug-likeness (QED) is 0.391. The zero-order valence-electron chi connectivity index (χ0n) is 17.7. The lowest BCUT2D eigenvalue weighted by molar-refractivity contribution is 0.0977. The van der Waals surface area contributed by atoms with Gasteiger partial charge in [-0.2, -0.15) is 5.10 Å². The molecule has 31 heavy (non-hydrogen) atoms. The Balaban J connectivity index is 1.78. The van der Waals surface area contributed by atoms with Crippen molar-refractivity contribution >= 4 is 40.8 Å². The monoisotopic (exact) mass is 457 g/mol. The van der Waals surface area contributed by atoms with Gasteiger partial charge in [-0.25, -0.2) is 0 Å². The Labute approximate surface area is 192 Å². The van der Waals surface area contributed by atoms with E-state index in [-0.39, 0.29) is 5.91 Å². The Morgan fingerprint density at radius 3 is 2.48 bits per heavy atom. The number of halogens is 2. The van der Waals surface area contributed by atoms with Crippen LogP contribution in [0.1, 0.15) is 34.2 Å². The molecule has 0 radical (unpaired) electrons. The van der Waals surface area contributed by atoms with E-state index in [0.717, 1.165) is 30.0 Å². The van der Waals surface area contributed by atoms with Crippen LogP contribution in [0.3, 0.4) is 0 Å². The lowest BCUT2D eigenvalue weighted by Crippen LogP contribution is -2.36. The molecule has 0 aliphatic heterocycles. The van der Waals surface area contributed by atoms with E-state index < -0.39 is 0 Å². The van der Waals surface area contributed by atoms with Gasteiger partial charge in [-0.1, -0.05) is 29.3 Å². The second-order valence-corrected chi connectivity index (χ2v) is 7.91. The molecule has 2 N–H and O–H groups in total. The molecule has 0 aliphatic rings. The molecule has 0 saturated carbocycles. The minimum Gasteiger partial charge on any atom is -0.326 e. The van der Waals surface area contributed by atoms with Crippen LogP contribution in [0.15, 0.2) is 53.5 Å². The highest BCUT2D eigenvalue weighted by Gasteiger charge is 2.12. The van der Waals surface area contributed by atoms with E-state index in [4.69, 9.17) is 23.2 Å². The van der Waals surface area contributed by atoms with E-state index in [1.54, 1.807) is 36.4 Å². The molecular weight excluding hydrogens is 433 g/mol. The number of nitrogens with one attached hydrogen (secondary N) is 2. The number of aryl methyl sites for hydroxylation is 2. The van der Waals surface area contributed by atoms with Crippen molar-refractivity contribution in [3.05, 3.63) is 81.1 Å². The average Bonchev–Trinajstić information content (AvgIpc) is 3.01. The third-order valence-corrected chi connectivity index (χ3v) is 5.38. The Bertz CT molecular complexity index is 1090. The lowest BCUT2D eigenvalue weighted by atomic mass is 10.1. The number of anilines is 1. The second kappa shape index (κ2) is 10.5. The number of carbonyl (C=O) groups excluding carboxylic acids is 1. The van der Waals surface area contributed by atoms with Gasteiger partial charge in [0.2, 0.25) is 5.96 Å². The predicted molar refractivity (Wildman–Crippen MR) is 127 cm³/mol. The highest BCUT2D eigenvalue weighted by atomic mass is 35.5. The summed E-state index contributed by atoms with van der Waals surface area (Å²) in [5.41, 5.74) is 4.54. The molecule has 162 valence electrons. The van der Waals surface area contributed by atoms with Gasteiger partial charge >= 0.3 is 0 Å². The van der Waals surface area contributed by atoms with Gasteiger partial charge in [0, 0.05) is 40.1 Å². The largest absolute Gasteiger partial charge is 0.326 e. The summed E-state index contributed by atoms with van der Waals surface area (Å²) in [6, 6.07) is 13.9. The van der Waals surface area contributed by atoms with E-state index in [0.29, 0.717) is 28.1 Å². The van der Waals surface area contributed by atoms with Gasteiger partial charge in [0.25, 0.3) is 5.91 Å². The van der Waals surface area contributed by atoms with Crippen molar-refractivity contribution in [3.63, 3.8) is 0 Å². The van der Waals surface area contributed by atoms with Gasteiger partial charge in [-0.05, 0) is 75.2 Å². The van der Waals surface area contributed by atoms with Crippen molar-refractivity contribution in [2.24, 2.45) is 4.99 Å². The minimum atomic E-state index is -0.281. The van der Waals surface area contributed by atoms with E-state index >= 15 is 0 Å². The number of aromatic nitrogens is 2. The van der Waals surface area contributed by atoms with Crippen LogP contribution >= 0.6 is 23.2 Å². The SMILES string of the molecule is CCn1nc(C)c(CCN=C(NC(=O)c2ccc(Cl)cc2)Nc2cccc(Cl)c2)c1C. The normalized spacial score (nSPS) is 11.5. The molecule has 6 nitrogen and oxygen atoms in total. The predicted octanol–water partition coefficient (Wildman–Crippen LogP) is 5.27. The van der Waals surface area contributed by atoms with Crippen molar-refractivity contribution in [1.82, 2.24) is 15.1 Å². The molecule has 8 heteroatoms. The molecule has 1 heterocycles. The fourth-order valence-corrected chi connectivity index (χ4v) is 3.59. The Morgan fingerprint density at radius 1 is 1.10 bits per heavy atom. The van der Waals surface area contributed by atoms with Crippen LogP contribution < -0.4 is 10.6 Å². The summed E-state index contributed by atoms with van der Waals surface area (Å²) < 4.78 is 1.99. The van der Waals surface area contributed by atoms with E-state index in [9.17, 15) is 4.79 Å². The molecule has 1 amide bonds. The zero-order chi connectivity index (χ0) is 22.4. The van der Waals surface area contributed by atoms with Crippen LogP contribution in [-0.2, 0) is 13.0 Å². The Morgan fingerprint density at radius 2 is 1.84 bits per heavy atom. The number of aliphatic imine (C=N–C) groups is 1. The number of hydrogen-bond donors (Lipinski definition) is 2. The van der Waals surface area contributed by atoms with Crippen LogP contribution in [0.25, 0.3) is 0 Å². The van der Waals surface area contributed by atoms with Crippen molar-refractivity contribution < 1.29 is 4.79 Å². The number of amides is 1. The van der Waals surface area contributed by atoms with Gasteiger partial charge in [0.05, 0.1) is 5.69 Å². The Kier molecular flexibility index (Phi) is 7.71. The van der Waals surface area contributed by atoms with Crippen LogP contribution in [0.4, 0.5) is 5.69 Å². The second-order valence-electron chi connectivity index (χ2n) is 7.04. The van der Waals surface area contributed by atoms with Crippen LogP contribution in [0, 0.1) is 13.8 Å². The zero-order valence-corrected chi connectivity index (χ0v) is 19.3. The number of rotatable bonds is 6. The first-order chi connectivity index (χ1) is 14.9. The van der Waals surface area contributed by atoms with Crippen LogP contribution in [0.2, 0.25) is 10.0 Å². The molecule has 2 aromatic carbocycles. The lowest BCUT2D eigenvalue weighted by Gasteiger charge is -2.12. The first kappa shape index (κ1) is 22.8. The molecule has 0 fully saturated rings. The van der Waals surface area contributed by atoms with Gasteiger partial charge in [-0.15, -0.1) is 0 Å². The van der Waals surface area contributed by atoms with Crippen molar-refractivity contribution in [3.8, 4) is 0 Å². The topological polar surface area (TPSA) is 71.3 Å². The van der Waals surface area contributed by atoms with Crippen molar-refractivity contribution in [1.29, 1.82) is 0 Å². The molecule has 0 atom stereocenters. The summed E-state index contributed by atoms with van der Waals surface area (Å²) in [6.45, 7) is 7.46. The van der Waals surface area contributed by atoms with Gasteiger partial charge < -0.3 is 5.32 Å². The highest BCUT2D eigenvalue weighted by Crippen LogP contribution is 2.16. The number of guanidine groups is 1. The summed E-state index contributed by atoms with van der Waals surface area (Å²) in [5, 5.41) is 11.7. The Hall–Kier alpha value is -2.83. The van der Waals surface area contributed by atoms with Gasteiger partial charge in [0.15, 0.2) is 0 Å². The fourth-order valence-electron chi connectivity index (χ4n) is 3.28. The molecule has 0 saturated heterocycles. The molecular formula is C23H25Cl2N5O. The number of benzene rings is 2. The summed E-state index contributed by atoms with van der Waals surface area (Å²) in [4.78, 5) is 17.3. The highest BCUT2D eigenvalue weighted by molar-refractivity contribution is 6.31. The first-order valence-corrected chi connectivity index (χ1v) is 10.8. The van der Waals surface area contributed by atoms with Gasteiger partial charge in [-0.3, -0.25) is 19.8 Å². The summed E-state index contributed by atoms with van der Waals surface area (Å²) in [6.07, 6.45) is 0.717. The smallest absolute Gasteiger partial charge is 0.257 e. The van der Waals surface area contributed by atoms with E-state index in [1.165, 1.54) is 5.56 Å². The maximum atomic E-state index is 12.7. The molecule has 0 bridgehead atoms. The van der Waals surface area contributed by atoms with Crippen LogP contribution in [-0.4, -0.2) is 28.2 Å². The third-order valence-electron chi connectivity index (χ3n) is 4.89. The molecule has 0 spiro atoms. The molecule has 3 aromatic rings. The number of nitrogens with zero attached hydrogens (tertiary/aromatic N) is 3. The molecule has 0 aliphatic carbocycles. The number of hydrogen-bond acceptors (Lipinski definition) is 3. The fraction of sp³-hybridized carbons (Fsp3) is 0.261. The van der Waals surface area contributed by atoms with Crippen molar-refractivity contribution in [2.45, 2.75) is 33.7 Å². The minimum absolute atomic E-state index is 0.281. The average molecular weight is 458 g/mol. The number of carbonyl (C=O) groups is 1.